The number of rotatable bonds is 9. The Morgan fingerprint density at radius 3 is 2.16 bits per heavy atom. The van der Waals surface area contributed by atoms with Gasteiger partial charge in [0.1, 0.15) is 11.5 Å². The number of nitrogens with one attached hydrogen (secondary N) is 1. The van der Waals surface area contributed by atoms with Crippen LogP contribution >= 0.6 is 0 Å². The molecule has 0 radical (unpaired) electrons. The van der Waals surface area contributed by atoms with Crippen molar-refractivity contribution < 1.29 is 23.8 Å². The molecule has 0 unspecified atom stereocenters. The van der Waals surface area contributed by atoms with E-state index in [-0.39, 0.29) is 24.3 Å². The molecule has 0 saturated heterocycles. The van der Waals surface area contributed by atoms with Crippen LogP contribution in [0.3, 0.4) is 0 Å². The summed E-state index contributed by atoms with van der Waals surface area (Å²) in [6, 6.07) is 11.3. The molecule has 2 aromatic carbocycles. The van der Waals surface area contributed by atoms with Crippen LogP contribution in [0.4, 0.5) is 5.69 Å². The van der Waals surface area contributed by atoms with Crippen LogP contribution in [0.25, 0.3) is 6.08 Å². The Bertz CT molecular complexity index is 921. The van der Waals surface area contributed by atoms with Crippen LogP contribution < -0.4 is 14.8 Å². The van der Waals surface area contributed by atoms with Crippen molar-refractivity contribution >= 4 is 23.6 Å². The molecule has 31 heavy (non-hydrogen) atoms. The van der Waals surface area contributed by atoms with E-state index < -0.39 is 5.97 Å². The number of ether oxygens (including phenoxy) is 3. The van der Waals surface area contributed by atoms with Crippen LogP contribution in [-0.2, 0) is 14.3 Å². The summed E-state index contributed by atoms with van der Waals surface area (Å²) >= 11 is 0. The molecule has 166 valence electrons. The number of carbonyl (C=O) groups excluding carboxylic acids is 2. The molecule has 0 aliphatic rings. The number of hydrogen-bond acceptors (Lipinski definition) is 5. The molecule has 6 heteroatoms. The lowest BCUT2D eigenvalue weighted by Crippen LogP contribution is -2.22. The first-order valence-electron chi connectivity index (χ1n) is 10.3. The summed E-state index contributed by atoms with van der Waals surface area (Å²) in [7, 11) is 3.10. The van der Waals surface area contributed by atoms with Gasteiger partial charge in [-0.15, -0.1) is 0 Å². The average Bonchev–Trinajstić information content (AvgIpc) is 2.75. The topological polar surface area (TPSA) is 73.9 Å². The second-order valence-corrected chi connectivity index (χ2v) is 7.72. The van der Waals surface area contributed by atoms with E-state index in [2.05, 4.69) is 33.0 Å². The van der Waals surface area contributed by atoms with E-state index in [1.165, 1.54) is 13.2 Å². The Labute approximate surface area is 184 Å². The SMILES string of the molecule is COc1ccc(C=CC(=O)OCC(=O)Nc2c(C(C)C)cccc2C(C)C)c(OC)c1. The number of benzene rings is 2. The zero-order valence-corrected chi connectivity index (χ0v) is 19.0. The Morgan fingerprint density at radius 2 is 1.61 bits per heavy atom. The molecule has 0 saturated carbocycles. The molecule has 0 atom stereocenters. The number of amides is 1. The molecule has 0 heterocycles. The van der Waals surface area contributed by atoms with Crippen molar-refractivity contribution in [3.05, 3.63) is 59.2 Å². The highest BCUT2D eigenvalue weighted by atomic mass is 16.5. The van der Waals surface area contributed by atoms with Crippen LogP contribution in [-0.4, -0.2) is 32.7 Å². The number of hydrogen-bond donors (Lipinski definition) is 1. The van der Waals surface area contributed by atoms with Gasteiger partial charge < -0.3 is 19.5 Å². The van der Waals surface area contributed by atoms with E-state index >= 15 is 0 Å². The lowest BCUT2D eigenvalue weighted by Gasteiger charge is -2.20. The third kappa shape index (κ3) is 6.60. The average molecular weight is 426 g/mol. The van der Waals surface area contributed by atoms with Crippen molar-refractivity contribution in [1.29, 1.82) is 0 Å². The number of carbonyl (C=O) groups is 2. The second-order valence-electron chi connectivity index (χ2n) is 7.72. The summed E-state index contributed by atoms with van der Waals surface area (Å²) in [5.41, 5.74) is 3.60. The summed E-state index contributed by atoms with van der Waals surface area (Å²) in [6.45, 7) is 7.94. The fourth-order valence-electron chi connectivity index (χ4n) is 3.17. The molecular weight excluding hydrogens is 394 g/mol. The first kappa shape index (κ1) is 24.0. The highest BCUT2D eigenvalue weighted by Crippen LogP contribution is 2.32. The molecule has 0 spiro atoms. The minimum Gasteiger partial charge on any atom is -0.497 e. The summed E-state index contributed by atoms with van der Waals surface area (Å²) in [4.78, 5) is 24.6. The number of esters is 1. The molecule has 1 N–H and O–H groups in total. The van der Waals surface area contributed by atoms with E-state index in [4.69, 9.17) is 14.2 Å². The van der Waals surface area contributed by atoms with Crippen molar-refractivity contribution in [2.75, 3.05) is 26.1 Å². The van der Waals surface area contributed by atoms with Gasteiger partial charge in [-0.25, -0.2) is 4.79 Å². The predicted molar refractivity (Wildman–Crippen MR) is 123 cm³/mol. The Balaban J connectivity index is 2.02. The minimum atomic E-state index is -0.616. The molecular formula is C25H31NO5. The molecule has 6 nitrogen and oxygen atoms in total. The van der Waals surface area contributed by atoms with Gasteiger partial charge in [0.15, 0.2) is 6.61 Å². The third-order valence-electron chi connectivity index (χ3n) is 4.82. The maximum atomic E-state index is 12.5. The first-order valence-corrected chi connectivity index (χ1v) is 10.3. The smallest absolute Gasteiger partial charge is 0.331 e. The van der Waals surface area contributed by atoms with E-state index in [1.807, 2.05) is 18.2 Å². The van der Waals surface area contributed by atoms with Gasteiger partial charge in [0.25, 0.3) is 5.91 Å². The molecule has 2 rings (SSSR count). The molecule has 0 bridgehead atoms. The molecule has 0 fully saturated rings. The van der Waals surface area contributed by atoms with E-state index in [9.17, 15) is 9.59 Å². The summed E-state index contributed by atoms with van der Waals surface area (Å²) in [5.74, 6) is 0.717. The van der Waals surface area contributed by atoms with Gasteiger partial charge in [0.05, 0.1) is 14.2 Å². The fraction of sp³-hybridized carbons (Fsp3) is 0.360. The third-order valence-corrected chi connectivity index (χ3v) is 4.82. The van der Waals surface area contributed by atoms with Crippen LogP contribution in [0.1, 0.15) is 56.2 Å². The van der Waals surface area contributed by atoms with Gasteiger partial charge in [-0.2, -0.15) is 0 Å². The molecule has 0 aliphatic carbocycles. The summed E-state index contributed by atoms with van der Waals surface area (Å²) in [6.07, 6.45) is 2.84. The summed E-state index contributed by atoms with van der Waals surface area (Å²) < 4.78 is 15.6. The zero-order chi connectivity index (χ0) is 23.0. The molecule has 2 aromatic rings. The molecule has 0 aliphatic heterocycles. The number of methoxy groups -OCH3 is 2. The van der Waals surface area contributed by atoms with E-state index in [1.54, 1.807) is 31.4 Å². The van der Waals surface area contributed by atoms with Gasteiger partial charge in [0.2, 0.25) is 0 Å². The molecule has 1 amide bonds. The predicted octanol–water partition coefficient (Wildman–Crippen LogP) is 5.15. The van der Waals surface area contributed by atoms with Crippen LogP contribution in [0, 0.1) is 0 Å². The first-order chi connectivity index (χ1) is 14.8. The normalized spacial score (nSPS) is 11.1. The lowest BCUT2D eigenvalue weighted by molar-refractivity contribution is -0.142. The van der Waals surface area contributed by atoms with Crippen molar-refractivity contribution in [2.24, 2.45) is 0 Å². The van der Waals surface area contributed by atoms with Gasteiger partial charge in [-0.05, 0) is 41.2 Å². The highest BCUT2D eigenvalue weighted by molar-refractivity contribution is 5.96. The van der Waals surface area contributed by atoms with Crippen LogP contribution in [0.15, 0.2) is 42.5 Å². The quantitative estimate of drug-likeness (QED) is 0.444. The highest BCUT2D eigenvalue weighted by Gasteiger charge is 2.16. The van der Waals surface area contributed by atoms with Gasteiger partial charge >= 0.3 is 5.97 Å². The van der Waals surface area contributed by atoms with Crippen molar-refractivity contribution in [1.82, 2.24) is 0 Å². The van der Waals surface area contributed by atoms with E-state index in [0.29, 0.717) is 17.1 Å². The number of anilines is 1. The van der Waals surface area contributed by atoms with Crippen molar-refractivity contribution in [3.8, 4) is 11.5 Å². The monoisotopic (exact) mass is 425 g/mol. The van der Waals surface area contributed by atoms with E-state index in [0.717, 1.165) is 16.8 Å². The van der Waals surface area contributed by atoms with Gasteiger partial charge in [-0.3, -0.25) is 4.79 Å². The number of para-hydroxylation sites is 1. The van der Waals surface area contributed by atoms with Gasteiger partial charge in [-0.1, -0.05) is 45.9 Å². The maximum Gasteiger partial charge on any atom is 0.331 e. The van der Waals surface area contributed by atoms with Gasteiger partial charge in [0, 0.05) is 23.4 Å². The minimum absolute atomic E-state index is 0.249. The lowest BCUT2D eigenvalue weighted by atomic mass is 9.92. The Morgan fingerprint density at radius 1 is 0.968 bits per heavy atom. The molecule has 0 aromatic heterocycles. The zero-order valence-electron chi connectivity index (χ0n) is 19.0. The Kier molecular flexibility index (Phi) is 8.67. The largest absolute Gasteiger partial charge is 0.497 e. The fourth-order valence-corrected chi connectivity index (χ4v) is 3.17. The second kappa shape index (κ2) is 11.2. The summed E-state index contributed by atoms with van der Waals surface area (Å²) in [5, 5.41) is 2.93. The van der Waals surface area contributed by atoms with Crippen molar-refractivity contribution in [2.45, 2.75) is 39.5 Å². The standard InChI is InChI=1S/C25H31NO5/c1-16(2)20-8-7-9-21(17(3)4)25(20)26-23(27)15-31-24(28)13-11-18-10-12-19(29-5)14-22(18)30-6/h7-14,16-17H,15H2,1-6H3,(H,26,27). The van der Waals surface area contributed by atoms with Crippen LogP contribution in [0.2, 0.25) is 0 Å². The van der Waals surface area contributed by atoms with Crippen LogP contribution in [0.5, 0.6) is 11.5 Å². The maximum absolute atomic E-state index is 12.5. The van der Waals surface area contributed by atoms with Crippen molar-refractivity contribution in [3.63, 3.8) is 0 Å². The Hall–Kier alpha value is -3.28.